The van der Waals surface area contributed by atoms with Crippen LogP contribution in [0.3, 0.4) is 0 Å². The lowest BCUT2D eigenvalue weighted by Gasteiger charge is -2.33. The third-order valence-electron chi connectivity index (χ3n) is 6.56. The number of allylic oxidation sites excluding steroid dienone is 2. The van der Waals surface area contributed by atoms with E-state index in [4.69, 9.17) is 0 Å². The number of nitrogens with zero attached hydrogens (tertiary/aromatic N) is 2. The van der Waals surface area contributed by atoms with Crippen molar-refractivity contribution in [1.29, 1.82) is 0 Å². The highest BCUT2D eigenvalue weighted by Crippen LogP contribution is 2.46. The average Bonchev–Trinajstić information content (AvgIpc) is 3.20. The Kier molecular flexibility index (Phi) is 5.21. The van der Waals surface area contributed by atoms with Gasteiger partial charge < -0.3 is 17.6 Å². The molecule has 0 spiro atoms. The summed E-state index contributed by atoms with van der Waals surface area (Å²) in [4.78, 5) is 0. The van der Waals surface area contributed by atoms with E-state index in [1.165, 1.54) is 8.96 Å². The van der Waals surface area contributed by atoms with Crippen LogP contribution in [0.1, 0.15) is 41.9 Å². The number of benzene rings is 2. The molecule has 0 unspecified atom stereocenters. The lowest BCUT2D eigenvalue weighted by Crippen LogP contribution is -2.51. The predicted molar refractivity (Wildman–Crippen MR) is 139 cm³/mol. The van der Waals surface area contributed by atoms with Gasteiger partial charge in [0.15, 0.2) is 5.70 Å². The zero-order valence-electron chi connectivity index (χ0n) is 18.9. The molecule has 0 aliphatic carbocycles. The van der Waals surface area contributed by atoms with Crippen LogP contribution in [0.15, 0.2) is 77.5 Å². The minimum atomic E-state index is -4.07. The molecule has 0 amide bonds. The summed E-state index contributed by atoms with van der Waals surface area (Å²) in [5, 5.41) is 0. The van der Waals surface area contributed by atoms with E-state index in [2.05, 4.69) is 34.4 Å². The van der Waals surface area contributed by atoms with E-state index in [-0.39, 0.29) is 0 Å². The molecule has 1 aromatic heterocycles. The maximum atomic E-state index is 16.3. The molecule has 0 N–H and O–H groups in total. The first-order valence-electron chi connectivity index (χ1n) is 10.9. The first-order valence-corrected chi connectivity index (χ1v) is 11.9. The van der Waals surface area contributed by atoms with E-state index in [1.54, 1.807) is 13.8 Å². The summed E-state index contributed by atoms with van der Waals surface area (Å²) >= 11 is 2.19. The van der Waals surface area contributed by atoms with Gasteiger partial charge in [-0.1, -0.05) is 60.4 Å². The van der Waals surface area contributed by atoms with Crippen LogP contribution in [0.5, 0.6) is 0 Å². The van der Waals surface area contributed by atoms with Crippen molar-refractivity contribution in [3.8, 4) is 11.8 Å². The standard InChI is InChI=1S/C27H22BF2IN2/c1-17-23(16-15-21-11-7-5-8-12-21)19(3)32-26(17)24(22-13-9-6-10-14-22)27-18(2)25(31)20(4)33(27)28(32,29)30/h5-14H,1-4H3. The van der Waals surface area contributed by atoms with Crippen LogP contribution in [-0.4, -0.2) is 21.6 Å². The second-order valence-electron chi connectivity index (χ2n) is 8.49. The van der Waals surface area contributed by atoms with E-state index in [0.29, 0.717) is 28.4 Å². The Morgan fingerprint density at radius 3 is 2.12 bits per heavy atom. The molecule has 0 saturated heterocycles. The van der Waals surface area contributed by atoms with Gasteiger partial charge in [-0.3, -0.25) is 0 Å². The summed E-state index contributed by atoms with van der Waals surface area (Å²) in [5.41, 5.74) is 7.20. The van der Waals surface area contributed by atoms with Crippen molar-refractivity contribution in [3.63, 3.8) is 0 Å². The van der Waals surface area contributed by atoms with Gasteiger partial charge in [-0.05, 0) is 72.3 Å². The lowest BCUT2D eigenvalue weighted by molar-refractivity contribution is -0.363. The monoisotopic (exact) mass is 550 g/mol. The number of hydrogen-bond donors (Lipinski definition) is 0. The Labute approximate surface area is 206 Å². The third kappa shape index (κ3) is 3.17. The van der Waals surface area contributed by atoms with Crippen molar-refractivity contribution in [1.82, 2.24) is 4.48 Å². The van der Waals surface area contributed by atoms with Gasteiger partial charge in [0, 0.05) is 27.3 Å². The molecular formula is C27H22BF2IN2. The number of rotatable bonds is 1. The molecule has 3 aromatic rings. The fourth-order valence-corrected chi connectivity index (χ4v) is 5.54. The van der Waals surface area contributed by atoms with Crippen molar-refractivity contribution >= 4 is 40.8 Å². The molecule has 0 atom stereocenters. The SMILES string of the molecule is CC1=C(C#Cc2ccccc2)C(C)=[N+]2C1=C(c1ccccc1)c1c(C)c(I)c(C)n1[B-]2(F)F. The van der Waals surface area contributed by atoms with Gasteiger partial charge in [0.05, 0.1) is 11.1 Å². The Morgan fingerprint density at radius 1 is 0.879 bits per heavy atom. The Hall–Kier alpha value is -2.92. The van der Waals surface area contributed by atoms with Crippen LogP contribution >= 0.6 is 22.6 Å². The van der Waals surface area contributed by atoms with Crippen LogP contribution in [0.4, 0.5) is 8.63 Å². The average molecular weight is 550 g/mol. The van der Waals surface area contributed by atoms with Crippen molar-refractivity contribution in [3.05, 3.63) is 109 Å². The van der Waals surface area contributed by atoms with Crippen LogP contribution < -0.4 is 0 Å². The van der Waals surface area contributed by atoms with Crippen molar-refractivity contribution in [2.45, 2.75) is 27.7 Å². The highest BCUT2D eigenvalue weighted by Gasteiger charge is 2.56. The molecule has 164 valence electrons. The first kappa shape index (κ1) is 21.9. The Morgan fingerprint density at radius 2 is 1.48 bits per heavy atom. The summed E-state index contributed by atoms with van der Waals surface area (Å²) in [7, 11) is 0. The quantitative estimate of drug-likeness (QED) is 0.184. The molecule has 0 fully saturated rings. The van der Waals surface area contributed by atoms with E-state index in [1.807, 2.05) is 74.5 Å². The molecule has 2 aliphatic heterocycles. The smallest absolute Gasteiger partial charge is 0.392 e. The van der Waals surface area contributed by atoms with Gasteiger partial charge in [-0.2, -0.15) is 0 Å². The lowest BCUT2D eigenvalue weighted by atomic mass is 9.84. The Balaban J connectivity index is 1.88. The van der Waals surface area contributed by atoms with Crippen LogP contribution in [0, 0.1) is 29.3 Å². The van der Waals surface area contributed by atoms with Gasteiger partial charge in [-0.25, -0.2) is 0 Å². The zero-order valence-corrected chi connectivity index (χ0v) is 21.0. The van der Waals surface area contributed by atoms with E-state index >= 15 is 8.63 Å². The summed E-state index contributed by atoms with van der Waals surface area (Å²) in [6.07, 6.45) is 0. The highest BCUT2D eigenvalue weighted by molar-refractivity contribution is 14.1. The molecule has 5 rings (SSSR count). The minimum absolute atomic E-state index is 0.496. The molecule has 0 bridgehead atoms. The minimum Gasteiger partial charge on any atom is -0.392 e. The van der Waals surface area contributed by atoms with Crippen molar-refractivity contribution in [2.75, 3.05) is 0 Å². The largest absolute Gasteiger partial charge is 0.737 e. The van der Waals surface area contributed by atoms with Gasteiger partial charge >= 0.3 is 6.97 Å². The number of fused-ring (bicyclic) bond motifs is 2. The predicted octanol–water partition coefficient (Wildman–Crippen LogP) is 6.56. The maximum absolute atomic E-state index is 16.3. The second kappa shape index (κ2) is 7.84. The van der Waals surface area contributed by atoms with Gasteiger partial charge in [0.25, 0.3) is 0 Å². The van der Waals surface area contributed by atoms with Gasteiger partial charge in [0.2, 0.25) is 0 Å². The van der Waals surface area contributed by atoms with Crippen molar-refractivity contribution < 1.29 is 13.1 Å². The number of hydrogen-bond acceptors (Lipinski definition) is 0. The molecule has 2 aliphatic rings. The van der Waals surface area contributed by atoms with E-state index in [0.717, 1.165) is 31.4 Å². The molecule has 6 heteroatoms. The molecule has 0 radical (unpaired) electrons. The van der Waals surface area contributed by atoms with E-state index < -0.39 is 6.97 Å². The fraction of sp³-hybridized carbons (Fsp3) is 0.148. The molecular weight excluding hydrogens is 528 g/mol. The summed E-state index contributed by atoms with van der Waals surface area (Å²) < 4.78 is 35.9. The molecule has 3 heterocycles. The second-order valence-corrected chi connectivity index (χ2v) is 9.57. The zero-order chi connectivity index (χ0) is 23.5. The topological polar surface area (TPSA) is 7.94 Å². The van der Waals surface area contributed by atoms with Gasteiger partial charge in [0.1, 0.15) is 5.71 Å². The van der Waals surface area contributed by atoms with Crippen LogP contribution in [-0.2, 0) is 0 Å². The fourth-order valence-electron chi connectivity index (χ4n) is 5.03. The summed E-state index contributed by atoms with van der Waals surface area (Å²) in [6, 6.07) is 19.5. The maximum Gasteiger partial charge on any atom is 0.737 e. The molecule has 33 heavy (non-hydrogen) atoms. The molecule has 2 nitrogen and oxygen atoms in total. The summed E-state index contributed by atoms with van der Waals surface area (Å²) in [6.45, 7) is 3.31. The number of halogens is 3. The van der Waals surface area contributed by atoms with Gasteiger partial charge in [-0.15, -0.1) is 0 Å². The number of aromatic nitrogens is 1. The third-order valence-corrected chi connectivity index (χ3v) is 8.15. The first-order chi connectivity index (χ1) is 15.7. The highest BCUT2D eigenvalue weighted by atomic mass is 127. The van der Waals surface area contributed by atoms with Crippen LogP contribution in [0.2, 0.25) is 0 Å². The molecule has 0 saturated carbocycles. The molecule has 2 aromatic carbocycles. The van der Waals surface area contributed by atoms with E-state index in [9.17, 15) is 0 Å². The van der Waals surface area contributed by atoms with Crippen LogP contribution in [0.25, 0.3) is 5.57 Å². The van der Waals surface area contributed by atoms with Crippen molar-refractivity contribution in [2.24, 2.45) is 0 Å². The summed E-state index contributed by atoms with van der Waals surface area (Å²) in [5.74, 6) is 6.37. The normalized spacial score (nSPS) is 16.6. The Bertz CT molecular complexity index is 1470.